The molecule has 0 fully saturated rings. The van der Waals surface area contributed by atoms with Gasteiger partial charge in [-0.1, -0.05) is 19.8 Å². The van der Waals surface area contributed by atoms with E-state index < -0.39 is 18.0 Å². The van der Waals surface area contributed by atoms with Crippen LogP contribution in [-0.4, -0.2) is 50.3 Å². The highest BCUT2D eigenvalue weighted by atomic mass is 16.4. The van der Waals surface area contributed by atoms with Crippen molar-refractivity contribution in [3.05, 3.63) is 12.2 Å². The van der Waals surface area contributed by atoms with Crippen molar-refractivity contribution >= 4 is 12.0 Å². The molecule has 8 heteroatoms. The van der Waals surface area contributed by atoms with Crippen LogP contribution in [0.2, 0.25) is 0 Å². The molecular formula is C11H19N5O3. The number of aliphatic carboxylic acids is 1. The van der Waals surface area contributed by atoms with Crippen molar-refractivity contribution < 1.29 is 14.7 Å². The van der Waals surface area contributed by atoms with E-state index in [0.29, 0.717) is 12.2 Å². The third-order valence-corrected chi connectivity index (χ3v) is 2.64. The first-order valence-corrected chi connectivity index (χ1v) is 6.13. The highest BCUT2D eigenvalue weighted by Crippen LogP contribution is 2.02. The molecule has 0 spiro atoms. The fourth-order valence-electron chi connectivity index (χ4n) is 1.53. The van der Waals surface area contributed by atoms with E-state index in [1.807, 2.05) is 6.92 Å². The van der Waals surface area contributed by atoms with Crippen LogP contribution < -0.4 is 5.32 Å². The van der Waals surface area contributed by atoms with Crippen molar-refractivity contribution in [1.29, 1.82) is 0 Å². The fourth-order valence-corrected chi connectivity index (χ4v) is 1.53. The Hall–Kier alpha value is -2.12. The second-order valence-corrected chi connectivity index (χ2v) is 4.27. The maximum Gasteiger partial charge on any atom is 0.326 e. The number of nitrogens with zero attached hydrogens (tertiary/aromatic N) is 3. The number of carboxylic acid groups (broad SMARTS) is 1. The fraction of sp³-hybridized carbons (Fsp3) is 0.636. The Morgan fingerprint density at radius 2 is 2.32 bits per heavy atom. The lowest BCUT2D eigenvalue weighted by Gasteiger charge is -2.20. The normalized spacial score (nSPS) is 11.9. The average Bonchev–Trinajstić information content (AvgIpc) is 2.86. The number of aromatic nitrogens is 3. The molecule has 1 aromatic rings. The van der Waals surface area contributed by atoms with Gasteiger partial charge in [0.1, 0.15) is 18.2 Å². The molecule has 0 saturated carbocycles. The van der Waals surface area contributed by atoms with Crippen molar-refractivity contribution in [2.45, 2.75) is 38.8 Å². The van der Waals surface area contributed by atoms with Gasteiger partial charge in [0.2, 0.25) is 0 Å². The maximum atomic E-state index is 11.8. The van der Waals surface area contributed by atoms with Gasteiger partial charge in [0, 0.05) is 7.05 Å². The predicted molar refractivity (Wildman–Crippen MR) is 67.3 cm³/mol. The Kier molecular flexibility index (Phi) is 5.77. The number of hydrogen-bond acceptors (Lipinski definition) is 4. The van der Waals surface area contributed by atoms with Gasteiger partial charge in [-0.2, -0.15) is 5.10 Å². The molecule has 2 amide bonds. The second-order valence-electron chi connectivity index (χ2n) is 4.27. The van der Waals surface area contributed by atoms with Crippen LogP contribution in [-0.2, 0) is 11.3 Å². The molecule has 3 N–H and O–H groups in total. The average molecular weight is 269 g/mol. The Morgan fingerprint density at radius 3 is 2.84 bits per heavy atom. The van der Waals surface area contributed by atoms with Crippen molar-refractivity contribution in [1.82, 2.24) is 25.4 Å². The number of urea groups is 1. The topological polar surface area (TPSA) is 111 Å². The van der Waals surface area contributed by atoms with Gasteiger partial charge in [-0.25, -0.2) is 14.6 Å². The Morgan fingerprint density at radius 1 is 1.58 bits per heavy atom. The third-order valence-electron chi connectivity index (χ3n) is 2.64. The quantitative estimate of drug-likeness (QED) is 0.670. The van der Waals surface area contributed by atoms with E-state index >= 15 is 0 Å². The molecule has 0 bridgehead atoms. The first-order valence-electron chi connectivity index (χ1n) is 6.13. The third kappa shape index (κ3) is 4.94. The van der Waals surface area contributed by atoms with E-state index in [9.17, 15) is 9.59 Å². The molecule has 1 atom stereocenters. The SMILES string of the molecule is CCCC[C@H](NC(=O)N(C)Cc1ncn[nH]1)C(=O)O. The molecule has 8 nitrogen and oxygen atoms in total. The van der Waals surface area contributed by atoms with Crippen LogP contribution in [0.4, 0.5) is 4.79 Å². The van der Waals surface area contributed by atoms with Crippen molar-refractivity contribution in [2.24, 2.45) is 0 Å². The number of amides is 2. The molecule has 1 rings (SSSR count). The standard InChI is InChI=1S/C11H19N5O3/c1-3-4-5-8(10(17)18)14-11(19)16(2)6-9-12-7-13-15-9/h7-8H,3-6H2,1-2H3,(H,14,19)(H,17,18)(H,12,13,15)/t8-/m0/s1. The zero-order valence-electron chi connectivity index (χ0n) is 11.1. The molecular weight excluding hydrogens is 250 g/mol. The first kappa shape index (κ1) is 14.9. The molecule has 0 aromatic carbocycles. The molecule has 19 heavy (non-hydrogen) atoms. The van der Waals surface area contributed by atoms with E-state index in [0.717, 1.165) is 12.8 Å². The molecule has 1 heterocycles. The lowest BCUT2D eigenvalue weighted by atomic mass is 10.1. The van der Waals surface area contributed by atoms with Crippen LogP contribution in [0.25, 0.3) is 0 Å². The number of hydrogen-bond donors (Lipinski definition) is 3. The minimum absolute atomic E-state index is 0.242. The van der Waals surface area contributed by atoms with Crippen molar-refractivity contribution in [2.75, 3.05) is 7.05 Å². The number of nitrogens with one attached hydrogen (secondary N) is 2. The largest absolute Gasteiger partial charge is 0.480 e. The van der Waals surface area contributed by atoms with Crippen LogP contribution in [0.1, 0.15) is 32.0 Å². The Labute approximate surface area is 111 Å². The minimum atomic E-state index is -1.02. The van der Waals surface area contributed by atoms with Gasteiger partial charge in [0.05, 0.1) is 6.54 Å². The van der Waals surface area contributed by atoms with Crippen LogP contribution >= 0.6 is 0 Å². The van der Waals surface area contributed by atoms with Crippen LogP contribution in [0.5, 0.6) is 0 Å². The molecule has 0 aliphatic carbocycles. The summed E-state index contributed by atoms with van der Waals surface area (Å²) in [5, 5.41) is 17.8. The highest BCUT2D eigenvalue weighted by Gasteiger charge is 2.21. The summed E-state index contributed by atoms with van der Waals surface area (Å²) < 4.78 is 0. The Balaban J connectivity index is 2.48. The molecule has 1 aromatic heterocycles. The van der Waals surface area contributed by atoms with Crippen LogP contribution in [0, 0.1) is 0 Å². The summed E-state index contributed by atoms with van der Waals surface area (Å²) in [6.45, 7) is 2.21. The molecule has 0 aliphatic rings. The smallest absolute Gasteiger partial charge is 0.326 e. The van der Waals surface area contributed by atoms with E-state index in [1.54, 1.807) is 7.05 Å². The maximum absolute atomic E-state index is 11.8. The predicted octanol–water partition coefficient (Wildman–Crippen LogP) is 0.589. The summed E-state index contributed by atoms with van der Waals surface area (Å²) in [6, 6.07) is -1.30. The summed E-state index contributed by atoms with van der Waals surface area (Å²) in [7, 11) is 1.57. The zero-order chi connectivity index (χ0) is 14.3. The number of aromatic amines is 1. The van der Waals surface area contributed by atoms with Gasteiger partial charge in [0.25, 0.3) is 0 Å². The second kappa shape index (κ2) is 7.34. The summed E-state index contributed by atoms with van der Waals surface area (Å²) in [6.07, 6.45) is 3.41. The molecule has 0 saturated heterocycles. The molecule has 0 unspecified atom stereocenters. The first-order chi connectivity index (χ1) is 9.04. The number of carbonyl (C=O) groups is 2. The number of carbonyl (C=O) groups excluding carboxylic acids is 1. The van der Waals surface area contributed by atoms with E-state index in [-0.39, 0.29) is 6.54 Å². The minimum Gasteiger partial charge on any atom is -0.480 e. The van der Waals surface area contributed by atoms with Crippen molar-refractivity contribution in [3.63, 3.8) is 0 Å². The number of carboxylic acids is 1. The zero-order valence-corrected chi connectivity index (χ0v) is 11.1. The van der Waals surface area contributed by atoms with Gasteiger partial charge in [-0.05, 0) is 6.42 Å². The molecule has 106 valence electrons. The molecule has 0 radical (unpaired) electrons. The van der Waals surface area contributed by atoms with Gasteiger partial charge in [0.15, 0.2) is 0 Å². The Bertz CT molecular complexity index is 406. The number of rotatable bonds is 7. The highest BCUT2D eigenvalue weighted by molar-refractivity contribution is 5.82. The van der Waals surface area contributed by atoms with Crippen LogP contribution in [0.15, 0.2) is 6.33 Å². The summed E-state index contributed by atoms with van der Waals surface area (Å²) in [5.41, 5.74) is 0. The van der Waals surface area contributed by atoms with Gasteiger partial charge < -0.3 is 15.3 Å². The lowest BCUT2D eigenvalue weighted by molar-refractivity contribution is -0.139. The summed E-state index contributed by atoms with van der Waals surface area (Å²) in [4.78, 5) is 28.1. The van der Waals surface area contributed by atoms with E-state index in [2.05, 4.69) is 20.5 Å². The number of H-pyrrole nitrogens is 1. The van der Waals surface area contributed by atoms with E-state index in [4.69, 9.17) is 5.11 Å². The van der Waals surface area contributed by atoms with Crippen LogP contribution in [0.3, 0.4) is 0 Å². The molecule has 0 aliphatic heterocycles. The van der Waals surface area contributed by atoms with Gasteiger partial charge >= 0.3 is 12.0 Å². The number of unbranched alkanes of at least 4 members (excludes halogenated alkanes) is 1. The summed E-state index contributed by atoms with van der Waals surface area (Å²) >= 11 is 0. The van der Waals surface area contributed by atoms with Gasteiger partial charge in [-0.3, -0.25) is 5.10 Å². The van der Waals surface area contributed by atoms with Crippen molar-refractivity contribution in [3.8, 4) is 0 Å². The lowest BCUT2D eigenvalue weighted by Crippen LogP contribution is -2.46. The monoisotopic (exact) mass is 269 g/mol. The van der Waals surface area contributed by atoms with E-state index in [1.165, 1.54) is 11.2 Å². The summed E-state index contributed by atoms with van der Waals surface area (Å²) in [5.74, 6) is -0.479. The van der Waals surface area contributed by atoms with Gasteiger partial charge in [-0.15, -0.1) is 0 Å².